The zero-order chi connectivity index (χ0) is 19.1. The Labute approximate surface area is 158 Å². The van der Waals surface area contributed by atoms with Gasteiger partial charge in [0.15, 0.2) is 5.11 Å². The van der Waals surface area contributed by atoms with Crippen LogP contribution < -0.4 is 9.80 Å². The van der Waals surface area contributed by atoms with E-state index in [9.17, 15) is 4.39 Å². The van der Waals surface area contributed by atoms with Gasteiger partial charge in [-0.2, -0.15) is 5.26 Å². The van der Waals surface area contributed by atoms with Gasteiger partial charge in [-0.15, -0.1) is 0 Å². The van der Waals surface area contributed by atoms with E-state index < -0.39 is 12.2 Å². The van der Waals surface area contributed by atoms with Crippen molar-refractivity contribution in [2.24, 2.45) is 0 Å². The van der Waals surface area contributed by atoms with Crippen molar-refractivity contribution in [3.63, 3.8) is 0 Å². The van der Waals surface area contributed by atoms with Crippen LogP contribution in [0.3, 0.4) is 0 Å². The fraction of sp³-hybridized carbons (Fsp3) is 0.250. The van der Waals surface area contributed by atoms with E-state index in [-0.39, 0.29) is 5.84 Å². The highest BCUT2D eigenvalue weighted by Gasteiger charge is 2.50. The summed E-state index contributed by atoms with van der Waals surface area (Å²) >= 11 is 5.63. The Morgan fingerprint density at radius 1 is 1.15 bits per heavy atom. The number of nitrogens with one attached hydrogen (secondary N) is 1. The van der Waals surface area contributed by atoms with Crippen molar-refractivity contribution in [3.05, 3.63) is 59.2 Å². The van der Waals surface area contributed by atoms with Crippen LogP contribution >= 0.6 is 12.2 Å². The van der Waals surface area contributed by atoms with Crippen LogP contribution in [0.2, 0.25) is 0 Å². The van der Waals surface area contributed by atoms with Crippen molar-refractivity contribution >= 4 is 34.5 Å². The molecule has 1 saturated heterocycles. The van der Waals surface area contributed by atoms with Crippen LogP contribution in [0.25, 0.3) is 0 Å². The molecule has 0 spiro atoms. The minimum Gasteiger partial charge on any atom is -0.302 e. The summed E-state index contributed by atoms with van der Waals surface area (Å²) in [6, 6.07) is 15.0. The Morgan fingerprint density at radius 2 is 1.77 bits per heavy atom. The molecule has 26 heavy (non-hydrogen) atoms. The van der Waals surface area contributed by atoms with Gasteiger partial charge in [0.25, 0.3) is 0 Å². The van der Waals surface area contributed by atoms with Crippen molar-refractivity contribution in [1.29, 1.82) is 10.7 Å². The minimum absolute atomic E-state index is 0.0784. The van der Waals surface area contributed by atoms with Crippen molar-refractivity contribution in [2.75, 3.05) is 16.5 Å². The third-order valence-corrected chi connectivity index (χ3v) is 5.12. The van der Waals surface area contributed by atoms with Crippen LogP contribution in [0.5, 0.6) is 0 Å². The number of nitriles is 1. The summed E-state index contributed by atoms with van der Waals surface area (Å²) < 4.78 is 14.1. The number of nitrogens with zero attached hydrogens (tertiary/aromatic N) is 3. The first kappa shape index (κ1) is 18.0. The average Bonchev–Trinajstić information content (AvgIpc) is 2.82. The van der Waals surface area contributed by atoms with E-state index in [0.717, 1.165) is 16.8 Å². The third-order valence-electron chi connectivity index (χ3n) is 4.75. The zero-order valence-corrected chi connectivity index (χ0v) is 15.7. The molecule has 1 aliphatic rings. The number of benzene rings is 2. The molecule has 1 heterocycles. The van der Waals surface area contributed by atoms with Gasteiger partial charge in [-0.1, -0.05) is 17.7 Å². The number of aryl methyl sites for hydroxylation is 2. The van der Waals surface area contributed by atoms with E-state index >= 15 is 0 Å². The Bertz CT molecular complexity index is 932. The number of rotatable bonds is 3. The lowest BCUT2D eigenvalue weighted by atomic mass is 10.0. The van der Waals surface area contributed by atoms with Gasteiger partial charge in [0.2, 0.25) is 0 Å². The molecule has 4 nitrogen and oxygen atoms in total. The van der Waals surface area contributed by atoms with Gasteiger partial charge in [-0.3, -0.25) is 10.3 Å². The van der Waals surface area contributed by atoms with E-state index in [1.54, 1.807) is 34.9 Å². The van der Waals surface area contributed by atoms with Gasteiger partial charge in [-0.05, 0) is 68.9 Å². The van der Waals surface area contributed by atoms with Crippen molar-refractivity contribution < 1.29 is 4.39 Å². The van der Waals surface area contributed by atoms with Crippen molar-refractivity contribution in [2.45, 2.75) is 26.3 Å². The molecule has 6 heteroatoms. The summed E-state index contributed by atoms with van der Waals surface area (Å²) in [4.78, 5) is 3.26. The van der Waals surface area contributed by atoms with Gasteiger partial charge in [0.05, 0.1) is 11.6 Å². The normalized spacial score (nSPS) is 19.8. The summed E-state index contributed by atoms with van der Waals surface area (Å²) in [7, 11) is 0. The summed E-state index contributed by atoms with van der Waals surface area (Å²) in [5.74, 6) is 0.0784. The monoisotopic (exact) mass is 366 g/mol. The van der Waals surface area contributed by atoms with E-state index in [4.69, 9.17) is 22.9 Å². The highest BCUT2D eigenvalue weighted by atomic mass is 32.1. The second-order valence-electron chi connectivity index (χ2n) is 6.66. The maximum absolute atomic E-state index is 14.1. The summed E-state index contributed by atoms with van der Waals surface area (Å²) in [5, 5.41) is 18.1. The van der Waals surface area contributed by atoms with Crippen LogP contribution in [0, 0.1) is 30.6 Å². The molecule has 0 radical (unpaired) electrons. The molecule has 0 aromatic heterocycles. The molecule has 1 atom stereocenters. The number of hydrogen-bond donors (Lipinski definition) is 1. The SMILES string of the molecule is Cc1ccc(N2C(=S)N(c3ccc(C#N)c(C)c3)C(=N)C2(C)CF)cc1. The Kier molecular flexibility index (Phi) is 4.51. The smallest absolute Gasteiger partial charge is 0.187 e. The first-order valence-corrected chi connectivity index (χ1v) is 8.61. The van der Waals surface area contributed by atoms with Crippen molar-refractivity contribution in [1.82, 2.24) is 0 Å². The maximum atomic E-state index is 14.1. The van der Waals surface area contributed by atoms with Crippen LogP contribution in [0.4, 0.5) is 15.8 Å². The van der Waals surface area contributed by atoms with Gasteiger partial charge in [0, 0.05) is 11.4 Å². The van der Waals surface area contributed by atoms with E-state index in [2.05, 4.69) is 6.07 Å². The zero-order valence-electron chi connectivity index (χ0n) is 14.9. The first-order chi connectivity index (χ1) is 12.3. The lowest BCUT2D eigenvalue weighted by molar-refractivity contribution is 0.404. The quantitative estimate of drug-likeness (QED) is 0.813. The van der Waals surface area contributed by atoms with Gasteiger partial charge in [0.1, 0.15) is 18.0 Å². The molecule has 132 valence electrons. The molecule has 2 aromatic rings. The molecule has 1 fully saturated rings. The highest BCUT2D eigenvalue weighted by Crippen LogP contribution is 2.37. The van der Waals surface area contributed by atoms with Crippen LogP contribution in [-0.4, -0.2) is 23.2 Å². The number of halogens is 1. The molecule has 0 amide bonds. The number of amidine groups is 1. The summed E-state index contributed by atoms with van der Waals surface area (Å²) in [5.41, 5.74) is 2.67. The standard InChI is InChI=1S/C20H19FN4S/c1-13-4-7-16(8-5-13)25-19(26)24(18(23)20(25,3)12-21)17-9-6-15(11-22)14(2)10-17/h4-10,23H,12H2,1-3H3. The molecular weight excluding hydrogens is 347 g/mol. The van der Waals surface area contributed by atoms with Crippen LogP contribution in [0.1, 0.15) is 23.6 Å². The second kappa shape index (κ2) is 6.50. The lowest BCUT2D eigenvalue weighted by Crippen LogP contribution is -2.49. The Morgan fingerprint density at radius 3 is 2.31 bits per heavy atom. The molecule has 1 N–H and O–H groups in total. The predicted octanol–water partition coefficient (Wildman–Crippen LogP) is 4.49. The molecule has 0 aliphatic carbocycles. The average molecular weight is 366 g/mol. The topological polar surface area (TPSA) is 54.1 Å². The third kappa shape index (κ3) is 2.65. The number of alkyl halides is 1. The van der Waals surface area contributed by atoms with E-state index in [0.29, 0.717) is 16.4 Å². The Balaban J connectivity index is 2.10. The molecule has 1 unspecified atom stereocenters. The number of hydrogen-bond acceptors (Lipinski definition) is 3. The predicted molar refractivity (Wildman–Crippen MR) is 107 cm³/mol. The summed E-state index contributed by atoms with van der Waals surface area (Å²) in [6.07, 6.45) is 0. The summed E-state index contributed by atoms with van der Waals surface area (Å²) in [6.45, 7) is 4.74. The van der Waals surface area contributed by atoms with Gasteiger partial charge in [-0.25, -0.2) is 4.39 Å². The molecule has 3 rings (SSSR count). The molecule has 0 bridgehead atoms. The Hall–Kier alpha value is -2.78. The maximum Gasteiger partial charge on any atom is 0.187 e. The van der Waals surface area contributed by atoms with Crippen LogP contribution in [0.15, 0.2) is 42.5 Å². The lowest BCUT2D eigenvalue weighted by Gasteiger charge is -2.31. The van der Waals surface area contributed by atoms with Crippen molar-refractivity contribution in [3.8, 4) is 6.07 Å². The minimum atomic E-state index is -1.19. The van der Waals surface area contributed by atoms with Crippen LogP contribution in [-0.2, 0) is 0 Å². The highest BCUT2D eigenvalue weighted by molar-refractivity contribution is 7.81. The van der Waals surface area contributed by atoms with E-state index in [1.165, 1.54) is 0 Å². The molecule has 0 saturated carbocycles. The van der Waals surface area contributed by atoms with Gasteiger partial charge >= 0.3 is 0 Å². The first-order valence-electron chi connectivity index (χ1n) is 8.20. The molecule has 2 aromatic carbocycles. The fourth-order valence-corrected chi connectivity index (χ4v) is 3.62. The van der Waals surface area contributed by atoms with Gasteiger partial charge < -0.3 is 4.90 Å². The number of anilines is 2. The van der Waals surface area contributed by atoms with E-state index in [1.807, 2.05) is 38.1 Å². The largest absolute Gasteiger partial charge is 0.302 e. The molecule has 1 aliphatic heterocycles. The second-order valence-corrected chi connectivity index (χ2v) is 7.02. The number of thiocarbonyl (C=S) groups is 1. The molecular formula is C20H19FN4S. The fourth-order valence-electron chi connectivity index (χ4n) is 3.12.